The van der Waals surface area contributed by atoms with Crippen LogP contribution in [0.2, 0.25) is 0 Å². The lowest BCUT2D eigenvalue weighted by Gasteiger charge is -2.34. The molecule has 17 heavy (non-hydrogen) atoms. The Hall–Kier alpha value is -0.0800. The van der Waals surface area contributed by atoms with Crippen LogP contribution in [0.4, 0.5) is 0 Å². The Morgan fingerprint density at radius 3 is 2.41 bits per heavy atom. The summed E-state index contributed by atoms with van der Waals surface area (Å²) in [6, 6.07) is 2.28. The molecule has 100 valence electrons. The maximum absolute atomic E-state index is 3.69. The van der Waals surface area contributed by atoms with Gasteiger partial charge in [-0.05, 0) is 38.0 Å². The molecular weight excluding hydrogens is 208 g/mol. The fourth-order valence-electron chi connectivity index (χ4n) is 3.64. The molecule has 2 nitrogen and oxygen atoms in total. The molecule has 0 aromatic carbocycles. The second-order valence-corrected chi connectivity index (χ2v) is 6.38. The first-order valence-electron chi connectivity index (χ1n) is 7.69. The second-order valence-electron chi connectivity index (χ2n) is 6.38. The van der Waals surface area contributed by atoms with E-state index in [4.69, 9.17) is 0 Å². The summed E-state index contributed by atoms with van der Waals surface area (Å²) < 4.78 is 0. The zero-order valence-corrected chi connectivity index (χ0v) is 11.9. The molecule has 1 N–H and O–H groups in total. The van der Waals surface area contributed by atoms with Gasteiger partial charge in [0.05, 0.1) is 0 Å². The first-order valence-corrected chi connectivity index (χ1v) is 7.69. The van der Waals surface area contributed by atoms with Gasteiger partial charge in [-0.15, -0.1) is 0 Å². The highest BCUT2D eigenvalue weighted by atomic mass is 15.2. The molecule has 2 heteroatoms. The summed E-state index contributed by atoms with van der Waals surface area (Å²) in [6.45, 7) is 9.49. The fraction of sp³-hybridized carbons (Fsp3) is 1.00. The molecule has 2 fully saturated rings. The lowest BCUT2D eigenvalue weighted by atomic mass is 9.84. The highest BCUT2D eigenvalue weighted by molar-refractivity contribution is 4.88. The molecule has 1 aliphatic carbocycles. The molecule has 0 aromatic rings. The van der Waals surface area contributed by atoms with E-state index in [0.29, 0.717) is 6.04 Å². The third-order valence-corrected chi connectivity index (χ3v) is 4.70. The van der Waals surface area contributed by atoms with Crippen molar-refractivity contribution in [2.24, 2.45) is 5.92 Å². The third kappa shape index (κ3) is 3.69. The van der Waals surface area contributed by atoms with Gasteiger partial charge in [0.25, 0.3) is 0 Å². The van der Waals surface area contributed by atoms with Crippen molar-refractivity contribution in [3.8, 4) is 0 Å². The van der Waals surface area contributed by atoms with E-state index in [0.717, 1.165) is 18.0 Å². The van der Waals surface area contributed by atoms with E-state index in [9.17, 15) is 0 Å². The van der Waals surface area contributed by atoms with Crippen LogP contribution in [-0.4, -0.2) is 36.1 Å². The molecular formula is C15H30N2. The van der Waals surface area contributed by atoms with Gasteiger partial charge in [0.1, 0.15) is 0 Å². The van der Waals surface area contributed by atoms with E-state index < -0.39 is 0 Å². The molecule has 1 atom stereocenters. The Labute approximate surface area is 107 Å². The van der Waals surface area contributed by atoms with Crippen molar-refractivity contribution in [3.63, 3.8) is 0 Å². The van der Waals surface area contributed by atoms with Gasteiger partial charge in [0.2, 0.25) is 0 Å². The van der Waals surface area contributed by atoms with Gasteiger partial charge in [0.15, 0.2) is 0 Å². The summed E-state index contributed by atoms with van der Waals surface area (Å²) in [5.41, 5.74) is 0. The van der Waals surface area contributed by atoms with E-state index in [1.165, 1.54) is 51.6 Å². The minimum Gasteiger partial charge on any atom is -0.310 e. The predicted molar refractivity (Wildman–Crippen MR) is 74.3 cm³/mol. The fourth-order valence-corrected chi connectivity index (χ4v) is 3.64. The summed E-state index contributed by atoms with van der Waals surface area (Å²) in [5, 5.41) is 3.69. The molecule has 0 spiro atoms. The maximum atomic E-state index is 3.69. The standard InChI is InChI=1S/C15H30N2/c1-4-13-5-7-15(8-6-13)17-10-9-14(11-17)16-12(2)3/h12-16H,4-11H2,1-3H3. The molecule has 1 aliphatic heterocycles. The van der Waals surface area contributed by atoms with Crippen LogP contribution in [0.5, 0.6) is 0 Å². The van der Waals surface area contributed by atoms with Gasteiger partial charge in [-0.2, -0.15) is 0 Å². The number of nitrogens with zero attached hydrogens (tertiary/aromatic N) is 1. The lowest BCUT2D eigenvalue weighted by Crippen LogP contribution is -2.41. The Balaban J connectivity index is 1.73. The summed E-state index contributed by atoms with van der Waals surface area (Å²) in [7, 11) is 0. The molecule has 1 saturated heterocycles. The first-order chi connectivity index (χ1) is 8.19. The summed E-state index contributed by atoms with van der Waals surface area (Å²) >= 11 is 0. The topological polar surface area (TPSA) is 15.3 Å². The number of nitrogens with one attached hydrogen (secondary N) is 1. The van der Waals surface area contributed by atoms with Crippen molar-refractivity contribution in [1.82, 2.24) is 10.2 Å². The molecule has 1 heterocycles. The molecule has 0 radical (unpaired) electrons. The summed E-state index contributed by atoms with van der Waals surface area (Å²) in [6.07, 6.45) is 8.59. The SMILES string of the molecule is CCC1CCC(N2CCC(NC(C)C)C2)CC1. The van der Waals surface area contributed by atoms with E-state index in [1.807, 2.05) is 0 Å². The van der Waals surface area contributed by atoms with Crippen molar-refractivity contribution in [1.29, 1.82) is 0 Å². The van der Waals surface area contributed by atoms with E-state index in [1.54, 1.807) is 0 Å². The Kier molecular flexibility index (Phi) is 4.87. The van der Waals surface area contributed by atoms with Crippen LogP contribution in [0.3, 0.4) is 0 Å². The second kappa shape index (κ2) is 6.19. The maximum Gasteiger partial charge on any atom is 0.0209 e. The molecule has 2 rings (SSSR count). The molecule has 0 bridgehead atoms. The Bertz CT molecular complexity index is 219. The number of hydrogen-bond donors (Lipinski definition) is 1. The smallest absolute Gasteiger partial charge is 0.0209 e. The van der Waals surface area contributed by atoms with Crippen LogP contribution < -0.4 is 5.32 Å². The van der Waals surface area contributed by atoms with Crippen LogP contribution in [0, 0.1) is 5.92 Å². The quantitative estimate of drug-likeness (QED) is 0.810. The molecule has 2 aliphatic rings. The zero-order valence-electron chi connectivity index (χ0n) is 11.9. The molecule has 0 amide bonds. The average Bonchev–Trinajstić information content (AvgIpc) is 2.77. The van der Waals surface area contributed by atoms with Crippen molar-refractivity contribution >= 4 is 0 Å². The molecule has 1 unspecified atom stereocenters. The monoisotopic (exact) mass is 238 g/mol. The number of rotatable bonds is 4. The highest BCUT2D eigenvalue weighted by Crippen LogP contribution is 2.31. The summed E-state index contributed by atoms with van der Waals surface area (Å²) in [4.78, 5) is 2.76. The minimum absolute atomic E-state index is 0.635. The predicted octanol–water partition coefficient (Wildman–Crippen LogP) is 3.03. The largest absolute Gasteiger partial charge is 0.310 e. The van der Waals surface area contributed by atoms with E-state index in [2.05, 4.69) is 31.0 Å². The average molecular weight is 238 g/mol. The van der Waals surface area contributed by atoms with Gasteiger partial charge in [-0.1, -0.05) is 27.2 Å². The van der Waals surface area contributed by atoms with Crippen LogP contribution in [0.1, 0.15) is 59.3 Å². The zero-order chi connectivity index (χ0) is 12.3. The molecule has 0 aromatic heterocycles. The van der Waals surface area contributed by atoms with Crippen molar-refractivity contribution < 1.29 is 0 Å². The third-order valence-electron chi connectivity index (χ3n) is 4.70. The summed E-state index contributed by atoms with van der Waals surface area (Å²) in [5.74, 6) is 1.03. The lowest BCUT2D eigenvalue weighted by molar-refractivity contribution is 0.159. The van der Waals surface area contributed by atoms with Gasteiger partial charge < -0.3 is 5.32 Å². The van der Waals surface area contributed by atoms with E-state index in [-0.39, 0.29) is 0 Å². The van der Waals surface area contributed by atoms with Crippen molar-refractivity contribution in [3.05, 3.63) is 0 Å². The van der Waals surface area contributed by atoms with Crippen molar-refractivity contribution in [2.45, 2.75) is 77.4 Å². The number of likely N-dealkylation sites (tertiary alicyclic amines) is 1. The van der Waals surface area contributed by atoms with Gasteiger partial charge in [0, 0.05) is 31.2 Å². The first kappa shape index (κ1) is 13.4. The minimum atomic E-state index is 0.635. The van der Waals surface area contributed by atoms with Crippen LogP contribution in [0.15, 0.2) is 0 Å². The van der Waals surface area contributed by atoms with Crippen LogP contribution in [-0.2, 0) is 0 Å². The normalized spacial score (nSPS) is 35.6. The van der Waals surface area contributed by atoms with E-state index >= 15 is 0 Å². The van der Waals surface area contributed by atoms with Gasteiger partial charge in [-0.25, -0.2) is 0 Å². The number of hydrogen-bond acceptors (Lipinski definition) is 2. The van der Waals surface area contributed by atoms with Crippen LogP contribution >= 0.6 is 0 Å². The van der Waals surface area contributed by atoms with Crippen LogP contribution in [0.25, 0.3) is 0 Å². The van der Waals surface area contributed by atoms with Gasteiger partial charge >= 0.3 is 0 Å². The van der Waals surface area contributed by atoms with Gasteiger partial charge in [-0.3, -0.25) is 4.90 Å². The highest BCUT2D eigenvalue weighted by Gasteiger charge is 2.30. The van der Waals surface area contributed by atoms with Crippen molar-refractivity contribution in [2.75, 3.05) is 13.1 Å². The molecule has 1 saturated carbocycles. The Morgan fingerprint density at radius 2 is 1.82 bits per heavy atom. The Morgan fingerprint density at radius 1 is 1.12 bits per heavy atom.